The summed E-state index contributed by atoms with van der Waals surface area (Å²) in [5.41, 5.74) is 1.33. The molecular formula is C12H15ClO4. The minimum absolute atomic E-state index is 0.0259. The number of hydrogen-bond donors (Lipinski definition) is 2. The van der Waals surface area contributed by atoms with E-state index in [1.165, 1.54) is 0 Å². The van der Waals surface area contributed by atoms with Crippen LogP contribution in [0, 0.1) is 0 Å². The third kappa shape index (κ3) is 2.78. The molecule has 0 spiro atoms. The van der Waals surface area contributed by atoms with E-state index < -0.39 is 18.5 Å². The molecule has 0 bridgehead atoms. The second-order valence-corrected chi connectivity index (χ2v) is 4.18. The molecule has 0 saturated carbocycles. The van der Waals surface area contributed by atoms with Crippen LogP contribution in [0.3, 0.4) is 0 Å². The van der Waals surface area contributed by atoms with Gasteiger partial charge in [-0.1, -0.05) is 24.3 Å². The zero-order valence-corrected chi connectivity index (χ0v) is 10.0. The van der Waals surface area contributed by atoms with Gasteiger partial charge in [0.2, 0.25) is 0 Å². The SMILES string of the molecule is OC(CCl)C(O)c1ccccc1C1OCCO1. The van der Waals surface area contributed by atoms with Crippen LogP contribution in [0.2, 0.25) is 0 Å². The van der Waals surface area contributed by atoms with E-state index in [1.54, 1.807) is 12.1 Å². The monoisotopic (exact) mass is 258 g/mol. The van der Waals surface area contributed by atoms with Crippen LogP contribution in [0.25, 0.3) is 0 Å². The van der Waals surface area contributed by atoms with Crippen molar-refractivity contribution in [3.8, 4) is 0 Å². The van der Waals surface area contributed by atoms with E-state index >= 15 is 0 Å². The van der Waals surface area contributed by atoms with Crippen LogP contribution in [-0.4, -0.2) is 35.4 Å². The van der Waals surface area contributed by atoms with Crippen molar-refractivity contribution in [2.75, 3.05) is 19.1 Å². The third-order valence-corrected chi connectivity index (χ3v) is 3.03. The molecule has 5 heteroatoms. The molecule has 1 aromatic carbocycles. The highest BCUT2D eigenvalue weighted by molar-refractivity contribution is 6.18. The molecule has 94 valence electrons. The van der Waals surface area contributed by atoms with Gasteiger partial charge < -0.3 is 19.7 Å². The first-order chi connectivity index (χ1) is 8.24. The summed E-state index contributed by atoms with van der Waals surface area (Å²) in [7, 11) is 0. The quantitative estimate of drug-likeness (QED) is 0.801. The first-order valence-corrected chi connectivity index (χ1v) is 6.01. The molecule has 1 aromatic rings. The second-order valence-electron chi connectivity index (χ2n) is 3.87. The molecule has 17 heavy (non-hydrogen) atoms. The normalized spacial score (nSPS) is 20.4. The van der Waals surface area contributed by atoms with Gasteiger partial charge in [-0.25, -0.2) is 0 Å². The molecular weight excluding hydrogens is 244 g/mol. The van der Waals surface area contributed by atoms with Crippen molar-refractivity contribution >= 4 is 11.6 Å². The van der Waals surface area contributed by atoms with E-state index in [0.717, 1.165) is 5.56 Å². The number of aliphatic hydroxyl groups excluding tert-OH is 2. The number of alkyl halides is 1. The molecule has 2 unspecified atom stereocenters. The van der Waals surface area contributed by atoms with E-state index in [2.05, 4.69) is 0 Å². The van der Waals surface area contributed by atoms with Crippen LogP contribution in [0.4, 0.5) is 0 Å². The first kappa shape index (κ1) is 12.8. The highest BCUT2D eigenvalue weighted by atomic mass is 35.5. The number of rotatable bonds is 4. The molecule has 0 radical (unpaired) electrons. The highest BCUT2D eigenvalue weighted by Gasteiger charge is 2.26. The summed E-state index contributed by atoms with van der Waals surface area (Å²) in [5, 5.41) is 19.6. The maximum absolute atomic E-state index is 9.98. The van der Waals surface area contributed by atoms with E-state index in [4.69, 9.17) is 21.1 Å². The van der Waals surface area contributed by atoms with Crippen molar-refractivity contribution in [2.24, 2.45) is 0 Å². The average Bonchev–Trinajstić information content (AvgIpc) is 2.90. The number of benzene rings is 1. The molecule has 2 N–H and O–H groups in total. The summed E-state index contributed by atoms with van der Waals surface area (Å²) in [4.78, 5) is 0. The largest absolute Gasteiger partial charge is 0.389 e. The fraction of sp³-hybridized carbons (Fsp3) is 0.500. The molecule has 1 aliphatic rings. The Labute approximate surface area is 105 Å². The lowest BCUT2D eigenvalue weighted by Crippen LogP contribution is -2.21. The van der Waals surface area contributed by atoms with E-state index in [1.807, 2.05) is 12.1 Å². The second kappa shape index (κ2) is 5.80. The molecule has 1 heterocycles. The lowest BCUT2D eigenvalue weighted by Gasteiger charge is -2.21. The Kier molecular flexibility index (Phi) is 4.36. The predicted octanol–water partition coefficient (Wildman–Crippen LogP) is 1.37. The topological polar surface area (TPSA) is 58.9 Å². The molecule has 2 rings (SSSR count). The molecule has 4 nitrogen and oxygen atoms in total. The maximum atomic E-state index is 9.98. The van der Waals surface area contributed by atoms with Crippen molar-refractivity contribution in [3.05, 3.63) is 35.4 Å². The maximum Gasteiger partial charge on any atom is 0.184 e. The fourth-order valence-electron chi connectivity index (χ4n) is 1.82. The molecule has 2 atom stereocenters. The first-order valence-electron chi connectivity index (χ1n) is 5.48. The molecule has 0 aliphatic carbocycles. The summed E-state index contributed by atoms with van der Waals surface area (Å²) in [6.07, 6.45) is -2.50. The molecule has 1 saturated heterocycles. The third-order valence-electron chi connectivity index (χ3n) is 2.71. The van der Waals surface area contributed by atoms with Crippen LogP contribution < -0.4 is 0 Å². The van der Waals surface area contributed by atoms with Gasteiger partial charge in [0.25, 0.3) is 0 Å². The van der Waals surface area contributed by atoms with Crippen molar-refractivity contribution in [3.63, 3.8) is 0 Å². The zero-order chi connectivity index (χ0) is 12.3. The Hall–Kier alpha value is -0.650. The summed E-state index contributed by atoms with van der Waals surface area (Å²) < 4.78 is 10.8. The predicted molar refractivity (Wildman–Crippen MR) is 62.8 cm³/mol. The highest BCUT2D eigenvalue weighted by Crippen LogP contribution is 2.31. The van der Waals surface area contributed by atoms with Gasteiger partial charge >= 0.3 is 0 Å². The van der Waals surface area contributed by atoms with Gasteiger partial charge in [-0.15, -0.1) is 11.6 Å². The van der Waals surface area contributed by atoms with Crippen molar-refractivity contribution in [1.29, 1.82) is 0 Å². The standard InChI is InChI=1S/C12H15ClO4/c13-7-10(14)11(15)8-3-1-2-4-9(8)12-16-5-6-17-12/h1-4,10-12,14-15H,5-7H2. The lowest BCUT2D eigenvalue weighted by atomic mass is 9.99. The number of halogens is 1. The van der Waals surface area contributed by atoms with Crippen LogP contribution in [-0.2, 0) is 9.47 Å². The summed E-state index contributed by atoms with van der Waals surface area (Å²) in [5.74, 6) is -0.0259. The summed E-state index contributed by atoms with van der Waals surface area (Å²) in [6, 6.07) is 7.18. The van der Waals surface area contributed by atoms with Gasteiger partial charge in [0, 0.05) is 5.56 Å². The van der Waals surface area contributed by atoms with Gasteiger partial charge in [0.1, 0.15) is 6.10 Å². The molecule has 0 aromatic heterocycles. The molecule has 1 fully saturated rings. The van der Waals surface area contributed by atoms with Gasteiger partial charge in [-0.05, 0) is 5.56 Å². The molecule has 1 aliphatic heterocycles. The minimum atomic E-state index is -1.03. The van der Waals surface area contributed by atoms with Crippen molar-refractivity contribution < 1.29 is 19.7 Å². The van der Waals surface area contributed by atoms with Crippen LogP contribution in [0.1, 0.15) is 23.5 Å². The summed E-state index contributed by atoms with van der Waals surface area (Å²) in [6.45, 7) is 1.07. The van der Waals surface area contributed by atoms with Gasteiger partial charge in [-0.3, -0.25) is 0 Å². The van der Waals surface area contributed by atoms with Gasteiger partial charge in [0.15, 0.2) is 6.29 Å². The Morgan fingerprint density at radius 1 is 1.24 bits per heavy atom. The smallest absolute Gasteiger partial charge is 0.184 e. The van der Waals surface area contributed by atoms with E-state index in [-0.39, 0.29) is 5.88 Å². The van der Waals surface area contributed by atoms with Crippen LogP contribution in [0.5, 0.6) is 0 Å². The lowest BCUT2D eigenvalue weighted by molar-refractivity contribution is -0.0479. The van der Waals surface area contributed by atoms with Gasteiger partial charge in [-0.2, -0.15) is 0 Å². The van der Waals surface area contributed by atoms with Crippen LogP contribution in [0.15, 0.2) is 24.3 Å². The Morgan fingerprint density at radius 3 is 2.53 bits per heavy atom. The Morgan fingerprint density at radius 2 is 1.88 bits per heavy atom. The van der Waals surface area contributed by atoms with E-state index in [9.17, 15) is 10.2 Å². The number of aliphatic hydroxyl groups is 2. The minimum Gasteiger partial charge on any atom is -0.389 e. The Balaban J connectivity index is 2.26. The van der Waals surface area contributed by atoms with E-state index in [0.29, 0.717) is 18.8 Å². The van der Waals surface area contributed by atoms with Gasteiger partial charge in [0.05, 0.1) is 25.2 Å². The van der Waals surface area contributed by atoms with Crippen molar-refractivity contribution in [1.82, 2.24) is 0 Å². The van der Waals surface area contributed by atoms with Crippen molar-refractivity contribution in [2.45, 2.75) is 18.5 Å². The summed E-state index contributed by atoms with van der Waals surface area (Å²) >= 11 is 5.54. The number of hydrogen-bond acceptors (Lipinski definition) is 4. The van der Waals surface area contributed by atoms with Crippen LogP contribution >= 0.6 is 11.6 Å². The zero-order valence-electron chi connectivity index (χ0n) is 9.25. The molecule has 0 amide bonds. The number of ether oxygens (including phenoxy) is 2. The fourth-order valence-corrected chi connectivity index (χ4v) is 1.99. The Bertz CT molecular complexity index is 365. The average molecular weight is 259 g/mol.